The van der Waals surface area contributed by atoms with E-state index in [4.69, 9.17) is 0 Å². The van der Waals surface area contributed by atoms with Gasteiger partial charge in [-0.1, -0.05) is 23.8 Å². The molecule has 0 aliphatic heterocycles. The van der Waals surface area contributed by atoms with Gasteiger partial charge < -0.3 is 15.5 Å². The summed E-state index contributed by atoms with van der Waals surface area (Å²) in [5.41, 5.74) is 3.26. The maximum Gasteiger partial charge on any atom is 0.275 e. The molecule has 0 fully saturated rings. The normalized spacial score (nSPS) is 15.2. The minimum atomic E-state index is -0.0836. The number of allylic oxidation sites excluding steroid dienone is 1. The molecule has 136 valence electrons. The van der Waals surface area contributed by atoms with E-state index < -0.39 is 0 Å². The highest BCUT2D eigenvalue weighted by Gasteiger charge is 2.11. The molecule has 0 spiro atoms. The lowest BCUT2D eigenvalue weighted by Gasteiger charge is -2.15. The van der Waals surface area contributed by atoms with Crippen LogP contribution in [0.2, 0.25) is 0 Å². The van der Waals surface area contributed by atoms with Crippen LogP contribution in [-0.4, -0.2) is 39.0 Å². The number of carbonyl (C=O) groups excluding carboxylic acids is 2. The van der Waals surface area contributed by atoms with Gasteiger partial charge in [0, 0.05) is 24.7 Å². The van der Waals surface area contributed by atoms with Crippen molar-refractivity contribution in [2.24, 2.45) is 0 Å². The first kappa shape index (κ1) is 19.2. The van der Waals surface area contributed by atoms with Crippen LogP contribution in [0.1, 0.15) is 48.0 Å². The van der Waals surface area contributed by atoms with Crippen molar-refractivity contribution in [3.8, 4) is 0 Å². The fourth-order valence-electron chi connectivity index (χ4n) is 3.16. The third-order valence-corrected chi connectivity index (χ3v) is 4.56. The predicted octanol–water partition coefficient (Wildman–Crippen LogP) is 1.07. The summed E-state index contributed by atoms with van der Waals surface area (Å²) >= 11 is 0. The molecule has 1 unspecified atom stereocenters. The van der Waals surface area contributed by atoms with Gasteiger partial charge in [0.05, 0.1) is 7.05 Å². The molecule has 3 N–H and O–H groups in total. The molecule has 0 saturated heterocycles. The third kappa shape index (κ3) is 6.70. The fourth-order valence-corrected chi connectivity index (χ4v) is 3.16. The second kappa shape index (κ2) is 9.99. The van der Waals surface area contributed by atoms with Gasteiger partial charge >= 0.3 is 0 Å². The zero-order valence-corrected chi connectivity index (χ0v) is 15.4. The van der Waals surface area contributed by atoms with E-state index in [1.807, 2.05) is 31.3 Å². The van der Waals surface area contributed by atoms with E-state index in [0.29, 0.717) is 12.1 Å². The van der Waals surface area contributed by atoms with Gasteiger partial charge in [0.15, 0.2) is 6.54 Å². The topological polar surface area (TPSA) is 62.6 Å². The Bertz CT molecular complexity index is 608. The largest absolute Gasteiger partial charge is 0.355 e. The molecule has 0 saturated carbocycles. The molecular weight excluding hydrogens is 314 g/mol. The Morgan fingerprint density at radius 3 is 2.56 bits per heavy atom. The molecule has 25 heavy (non-hydrogen) atoms. The lowest BCUT2D eigenvalue weighted by molar-refractivity contribution is -0.885. The Balaban J connectivity index is 1.70. The van der Waals surface area contributed by atoms with Crippen LogP contribution in [0.3, 0.4) is 0 Å². The second-order valence-electron chi connectivity index (χ2n) is 6.79. The van der Waals surface area contributed by atoms with Crippen molar-refractivity contribution in [2.45, 2.75) is 38.6 Å². The predicted molar refractivity (Wildman–Crippen MR) is 99.5 cm³/mol. The molecule has 2 rings (SSSR count). The monoisotopic (exact) mass is 344 g/mol. The van der Waals surface area contributed by atoms with Crippen LogP contribution in [0.15, 0.2) is 35.9 Å². The number of likely N-dealkylation sites (N-methyl/N-ethyl adjacent to an activating group) is 1. The van der Waals surface area contributed by atoms with E-state index in [1.165, 1.54) is 31.3 Å². The molecular formula is C20H30N3O2+. The van der Waals surface area contributed by atoms with Crippen molar-refractivity contribution in [1.82, 2.24) is 10.6 Å². The third-order valence-electron chi connectivity index (χ3n) is 4.56. The SMILES string of the molecule is CNC(=O)c1ccc(C[NH+](C)CC(=O)NCCC2=CCCCC2)cc1. The van der Waals surface area contributed by atoms with Gasteiger partial charge in [-0.2, -0.15) is 0 Å². The molecule has 1 atom stereocenters. The quantitative estimate of drug-likeness (QED) is 0.618. The first-order valence-corrected chi connectivity index (χ1v) is 9.15. The highest BCUT2D eigenvalue weighted by Crippen LogP contribution is 2.19. The van der Waals surface area contributed by atoms with Crippen molar-refractivity contribution in [3.05, 3.63) is 47.0 Å². The Morgan fingerprint density at radius 2 is 1.92 bits per heavy atom. The molecule has 5 heteroatoms. The van der Waals surface area contributed by atoms with E-state index in [0.717, 1.165) is 30.0 Å². The average molecular weight is 344 g/mol. The number of benzene rings is 1. The molecule has 0 aromatic heterocycles. The van der Waals surface area contributed by atoms with Crippen LogP contribution in [0.5, 0.6) is 0 Å². The van der Waals surface area contributed by atoms with Gasteiger partial charge in [-0.05, 0) is 44.2 Å². The molecule has 1 aromatic carbocycles. The lowest BCUT2D eigenvalue weighted by atomic mass is 9.97. The van der Waals surface area contributed by atoms with Crippen molar-refractivity contribution < 1.29 is 14.5 Å². The van der Waals surface area contributed by atoms with Crippen molar-refractivity contribution in [2.75, 3.05) is 27.2 Å². The van der Waals surface area contributed by atoms with E-state index in [9.17, 15) is 9.59 Å². The first-order valence-electron chi connectivity index (χ1n) is 9.15. The van der Waals surface area contributed by atoms with E-state index in [1.54, 1.807) is 7.05 Å². The van der Waals surface area contributed by atoms with Crippen molar-refractivity contribution in [1.29, 1.82) is 0 Å². The molecule has 5 nitrogen and oxygen atoms in total. The summed E-state index contributed by atoms with van der Waals surface area (Å²) < 4.78 is 0. The number of quaternary nitrogens is 1. The van der Waals surface area contributed by atoms with Crippen molar-refractivity contribution in [3.63, 3.8) is 0 Å². The number of nitrogens with one attached hydrogen (secondary N) is 3. The summed E-state index contributed by atoms with van der Waals surface area (Å²) in [4.78, 5) is 24.7. The number of carbonyl (C=O) groups is 2. The zero-order valence-electron chi connectivity index (χ0n) is 15.4. The Kier molecular flexibility index (Phi) is 7.67. The molecule has 0 heterocycles. The van der Waals surface area contributed by atoms with Gasteiger partial charge in [0.1, 0.15) is 6.54 Å². The maximum absolute atomic E-state index is 12.1. The average Bonchev–Trinajstić information content (AvgIpc) is 2.62. The van der Waals surface area contributed by atoms with Crippen molar-refractivity contribution >= 4 is 11.8 Å². The minimum Gasteiger partial charge on any atom is -0.355 e. The van der Waals surface area contributed by atoms with Gasteiger partial charge in [-0.3, -0.25) is 9.59 Å². The van der Waals surface area contributed by atoms with E-state index in [-0.39, 0.29) is 11.8 Å². The first-order chi connectivity index (χ1) is 12.1. The Hall–Kier alpha value is -2.14. The fraction of sp³-hybridized carbons (Fsp3) is 0.500. The van der Waals surface area contributed by atoms with E-state index in [2.05, 4.69) is 16.7 Å². The Labute approximate surface area is 150 Å². The zero-order chi connectivity index (χ0) is 18.1. The number of rotatable bonds is 8. The summed E-state index contributed by atoms with van der Waals surface area (Å²) in [6.07, 6.45) is 8.27. The number of hydrogen-bond donors (Lipinski definition) is 3. The van der Waals surface area contributed by atoms with Gasteiger partial charge in [0.25, 0.3) is 11.8 Å². The second-order valence-corrected chi connectivity index (χ2v) is 6.79. The van der Waals surface area contributed by atoms with Crippen LogP contribution in [0.25, 0.3) is 0 Å². The van der Waals surface area contributed by atoms with Crippen LogP contribution < -0.4 is 15.5 Å². The highest BCUT2D eigenvalue weighted by molar-refractivity contribution is 5.93. The number of amides is 2. The van der Waals surface area contributed by atoms with Gasteiger partial charge in [-0.25, -0.2) is 0 Å². The van der Waals surface area contributed by atoms with Crippen LogP contribution in [0.4, 0.5) is 0 Å². The minimum absolute atomic E-state index is 0.0836. The van der Waals surface area contributed by atoms with Gasteiger partial charge in [0.2, 0.25) is 0 Å². The van der Waals surface area contributed by atoms with Crippen LogP contribution in [-0.2, 0) is 11.3 Å². The smallest absolute Gasteiger partial charge is 0.275 e. The summed E-state index contributed by atoms with van der Waals surface area (Å²) in [5, 5.41) is 5.63. The summed E-state index contributed by atoms with van der Waals surface area (Å²) in [6.45, 7) is 1.95. The van der Waals surface area contributed by atoms with Gasteiger partial charge in [-0.15, -0.1) is 0 Å². The van der Waals surface area contributed by atoms with Crippen LogP contribution in [0, 0.1) is 0 Å². The summed E-state index contributed by atoms with van der Waals surface area (Å²) in [5.74, 6) is 0.00982. The lowest BCUT2D eigenvalue weighted by Crippen LogP contribution is -3.08. The summed E-state index contributed by atoms with van der Waals surface area (Å²) in [7, 11) is 3.63. The maximum atomic E-state index is 12.1. The summed E-state index contributed by atoms with van der Waals surface area (Å²) in [6, 6.07) is 7.53. The van der Waals surface area contributed by atoms with Crippen LogP contribution >= 0.6 is 0 Å². The van der Waals surface area contributed by atoms with E-state index >= 15 is 0 Å². The molecule has 1 aromatic rings. The molecule has 0 radical (unpaired) electrons. The number of hydrogen-bond acceptors (Lipinski definition) is 2. The standard InChI is InChI=1S/C20H29N3O2/c1-21-20(25)18-10-8-17(9-11-18)14-23(2)15-19(24)22-13-12-16-6-4-3-5-7-16/h6,8-11H,3-5,7,12-15H2,1-2H3,(H,21,25)(H,22,24)/p+1. The molecule has 1 aliphatic rings. The molecule has 1 aliphatic carbocycles. The molecule has 2 amide bonds. The molecule has 0 bridgehead atoms. The highest BCUT2D eigenvalue weighted by atomic mass is 16.2. The Morgan fingerprint density at radius 1 is 1.16 bits per heavy atom.